The van der Waals surface area contributed by atoms with Gasteiger partial charge in [0, 0.05) is 6.54 Å². The van der Waals surface area contributed by atoms with Gasteiger partial charge in [-0.15, -0.1) is 0 Å². The number of hydrogen-bond donors (Lipinski definition) is 0. The summed E-state index contributed by atoms with van der Waals surface area (Å²) in [5, 5.41) is 0. The largest absolute Gasteiger partial charge is 0.265 e. The number of halogens is 1. The summed E-state index contributed by atoms with van der Waals surface area (Å²) in [5.74, 6) is -0.500. The lowest BCUT2D eigenvalue weighted by atomic mass is 10.1. The van der Waals surface area contributed by atoms with Gasteiger partial charge in [0.2, 0.25) is 0 Å². The molecule has 0 amide bonds. The number of hydrogen-bond acceptors (Lipinski definition) is 2. The summed E-state index contributed by atoms with van der Waals surface area (Å²) >= 11 is 0. The van der Waals surface area contributed by atoms with Crippen molar-refractivity contribution in [2.24, 2.45) is 0 Å². The predicted octanol–water partition coefficient (Wildman–Crippen LogP) is 3.19. The average molecular weight is 305 g/mol. The Kier molecular flexibility index (Phi) is 3.24. The molecule has 0 spiro atoms. The zero-order chi connectivity index (χ0) is 15.2. The Morgan fingerprint density at radius 3 is 2.57 bits per heavy atom. The van der Waals surface area contributed by atoms with Gasteiger partial charge >= 0.3 is 0 Å². The fraction of sp³-hybridized carbons (Fsp3) is 0.250. The van der Waals surface area contributed by atoms with E-state index >= 15 is 0 Å². The number of rotatable bonds is 2. The van der Waals surface area contributed by atoms with E-state index in [1.165, 1.54) is 16.4 Å². The minimum absolute atomic E-state index is 0.00158. The van der Waals surface area contributed by atoms with E-state index in [2.05, 4.69) is 0 Å². The molecular weight excluding hydrogens is 289 g/mol. The number of nitrogens with zero attached hydrogens (tertiary/aromatic N) is 1. The molecule has 2 aromatic carbocycles. The first-order valence-electron chi connectivity index (χ1n) is 6.78. The zero-order valence-electron chi connectivity index (χ0n) is 11.9. The fourth-order valence-electron chi connectivity index (χ4n) is 2.71. The van der Waals surface area contributed by atoms with Gasteiger partial charge in [0.05, 0.1) is 10.6 Å². The highest BCUT2D eigenvalue weighted by Gasteiger charge is 2.32. The fourth-order valence-corrected chi connectivity index (χ4v) is 4.29. The monoisotopic (exact) mass is 305 g/mol. The Morgan fingerprint density at radius 2 is 1.86 bits per heavy atom. The number of benzene rings is 2. The number of fused-ring (bicyclic) bond motifs is 1. The van der Waals surface area contributed by atoms with E-state index in [4.69, 9.17) is 0 Å². The van der Waals surface area contributed by atoms with Crippen LogP contribution in [-0.2, 0) is 16.4 Å². The van der Waals surface area contributed by atoms with Crippen LogP contribution >= 0.6 is 0 Å². The minimum Gasteiger partial charge on any atom is -0.265 e. The smallest absolute Gasteiger partial charge is 0.264 e. The Labute approximate surface area is 124 Å². The van der Waals surface area contributed by atoms with E-state index < -0.39 is 15.8 Å². The van der Waals surface area contributed by atoms with Crippen LogP contribution in [0, 0.1) is 19.7 Å². The summed E-state index contributed by atoms with van der Waals surface area (Å²) in [6.07, 6.45) is 0.685. The molecule has 1 aliphatic rings. The van der Waals surface area contributed by atoms with Crippen molar-refractivity contribution in [1.29, 1.82) is 0 Å². The van der Waals surface area contributed by atoms with Crippen molar-refractivity contribution < 1.29 is 12.8 Å². The first-order chi connectivity index (χ1) is 9.91. The molecule has 0 bridgehead atoms. The molecule has 110 valence electrons. The maximum Gasteiger partial charge on any atom is 0.264 e. The Morgan fingerprint density at radius 1 is 1.10 bits per heavy atom. The summed E-state index contributed by atoms with van der Waals surface area (Å²) in [6, 6.07) is 9.81. The maximum absolute atomic E-state index is 13.7. The molecule has 1 aliphatic heterocycles. The maximum atomic E-state index is 13.7. The molecule has 0 aromatic heterocycles. The molecule has 0 N–H and O–H groups in total. The molecule has 5 heteroatoms. The van der Waals surface area contributed by atoms with Crippen molar-refractivity contribution >= 4 is 15.7 Å². The third kappa shape index (κ3) is 2.21. The normalized spacial score (nSPS) is 14.3. The van der Waals surface area contributed by atoms with Crippen molar-refractivity contribution in [2.75, 3.05) is 10.8 Å². The average Bonchev–Trinajstić information content (AvgIpc) is 2.88. The van der Waals surface area contributed by atoms with Crippen molar-refractivity contribution in [3.8, 4) is 0 Å². The van der Waals surface area contributed by atoms with Gasteiger partial charge in [-0.3, -0.25) is 4.31 Å². The summed E-state index contributed by atoms with van der Waals surface area (Å²) < 4.78 is 40.6. The van der Waals surface area contributed by atoms with Gasteiger partial charge in [0.25, 0.3) is 10.0 Å². The van der Waals surface area contributed by atoms with E-state index in [1.54, 1.807) is 6.92 Å². The van der Waals surface area contributed by atoms with Crippen LogP contribution in [0.2, 0.25) is 0 Å². The van der Waals surface area contributed by atoms with Gasteiger partial charge in [-0.2, -0.15) is 0 Å². The van der Waals surface area contributed by atoms with Gasteiger partial charge < -0.3 is 0 Å². The van der Waals surface area contributed by atoms with Crippen LogP contribution in [0.25, 0.3) is 0 Å². The molecule has 0 aliphatic carbocycles. The number of sulfonamides is 1. The Balaban J connectivity index is 2.11. The van der Waals surface area contributed by atoms with Gasteiger partial charge in [0.15, 0.2) is 0 Å². The van der Waals surface area contributed by atoms with Crippen LogP contribution in [-0.4, -0.2) is 15.0 Å². The van der Waals surface area contributed by atoms with Crippen LogP contribution in [0.4, 0.5) is 10.1 Å². The second-order valence-corrected chi connectivity index (χ2v) is 7.18. The highest BCUT2D eigenvalue weighted by Crippen LogP contribution is 2.35. The lowest BCUT2D eigenvalue weighted by molar-refractivity contribution is 0.586. The van der Waals surface area contributed by atoms with Gasteiger partial charge in [-0.25, -0.2) is 12.8 Å². The molecule has 0 fully saturated rings. The summed E-state index contributed by atoms with van der Waals surface area (Å²) in [4.78, 5) is 0.00158. The predicted molar refractivity (Wildman–Crippen MR) is 80.6 cm³/mol. The molecule has 0 radical (unpaired) electrons. The lowest BCUT2D eigenvalue weighted by Crippen LogP contribution is -2.29. The van der Waals surface area contributed by atoms with Crippen molar-refractivity contribution in [3.05, 3.63) is 58.9 Å². The quantitative estimate of drug-likeness (QED) is 0.854. The van der Waals surface area contributed by atoms with E-state index in [1.807, 2.05) is 25.1 Å². The topological polar surface area (TPSA) is 37.4 Å². The molecule has 0 saturated heterocycles. The number of para-hydroxylation sites is 1. The minimum atomic E-state index is -3.72. The second kappa shape index (κ2) is 4.84. The molecular formula is C16H16FNO2S. The molecule has 0 saturated carbocycles. The molecule has 21 heavy (non-hydrogen) atoms. The SMILES string of the molecule is Cc1ccc(S(=O)(=O)N2CCc3cccc(C)c32)cc1F. The van der Waals surface area contributed by atoms with E-state index in [0.717, 1.165) is 22.9 Å². The van der Waals surface area contributed by atoms with Crippen molar-refractivity contribution in [1.82, 2.24) is 0 Å². The lowest BCUT2D eigenvalue weighted by Gasteiger charge is -2.21. The molecule has 2 aromatic rings. The highest BCUT2D eigenvalue weighted by atomic mass is 32.2. The molecule has 3 rings (SSSR count). The molecule has 3 nitrogen and oxygen atoms in total. The number of anilines is 1. The number of aryl methyl sites for hydroxylation is 2. The van der Waals surface area contributed by atoms with Gasteiger partial charge in [0.1, 0.15) is 5.82 Å². The summed E-state index contributed by atoms with van der Waals surface area (Å²) in [5.41, 5.74) is 3.11. The zero-order valence-corrected chi connectivity index (χ0v) is 12.7. The Hall–Kier alpha value is -1.88. The van der Waals surface area contributed by atoms with Gasteiger partial charge in [-0.1, -0.05) is 24.3 Å². The van der Waals surface area contributed by atoms with Crippen LogP contribution in [0.3, 0.4) is 0 Å². The standard InChI is InChI=1S/C16H16FNO2S/c1-11-6-7-14(10-15(11)17)21(19,20)18-9-8-13-5-3-4-12(2)16(13)18/h3-7,10H,8-9H2,1-2H3. The van der Waals surface area contributed by atoms with Crippen LogP contribution in [0.15, 0.2) is 41.3 Å². The van der Waals surface area contributed by atoms with Crippen molar-refractivity contribution in [3.63, 3.8) is 0 Å². The third-order valence-corrected chi connectivity index (χ3v) is 5.68. The van der Waals surface area contributed by atoms with Crippen LogP contribution in [0.1, 0.15) is 16.7 Å². The summed E-state index contributed by atoms with van der Waals surface area (Å²) in [7, 11) is -3.72. The van der Waals surface area contributed by atoms with E-state index in [9.17, 15) is 12.8 Å². The van der Waals surface area contributed by atoms with E-state index in [0.29, 0.717) is 18.5 Å². The van der Waals surface area contributed by atoms with Crippen LogP contribution in [0.5, 0.6) is 0 Å². The first-order valence-corrected chi connectivity index (χ1v) is 8.22. The Bertz CT molecular complexity index is 815. The molecule has 0 unspecified atom stereocenters. The first kappa shape index (κ1) is 14.1. The van der Waals surface area contributed by atoms with Gasteiger partial charge in [-0.05, 0) is 49.1 Å². The van der Waals surface area contributed by atoms with Crippen LogP contribution < -0.4 is 4.31 Å². The van der Waals surface area contributed by atoms with E-state index in [-0.39, 0.29) is 4.90 Å². The molecule has 1 heterocycles. The highest BCUT2D eigenvalue weighted by molar-refractivity contribution is 7.92. The second-order valence-electron chi connectivity index (χ2n) is 5.32. The third-order valence-electron chi connectivity index (χ3n) is 3.89. The summed E-state index contributed by atoms with van der Waals surface area (Å²) in [6.45, 7) is 3.90. The van der Waals surface area contributed by atoms with Crippen molar-refractivity contribution in [2.45, 2.75) is 25.2 Å². The molecule has 0 atom stereocenters.